The summed E-state index contributed by atoms with van der Waals surface area (Å²) in [5, 5.41) is 3.30. The fourth-order valence-electron chi connectivity index (χ4n) is 2.39. The molecule has 1 aliphatic rings. The van der Waals surface area contributed by atoms with Crippen LogP contribution in [0, 0.1) is 6.92 Å². The van der Waals surface area contributed by atoms with Crippen molar-refractivity contribution in [2.75, 3.05) is 29.0 Å². The highest BCUT2D eigenvalue weighted by atomic mass is 15.3. The molecule has 0 saturated carbocycles. The Hall–Kier alpha value is -2.30. The molecule has 1 aromatic carbocycles. The lowest BCUT2D eigenvalue weighted by Crippen LogP contribution is -2.21. The van der Waals surface area contributed by atoms with Gasteiger partial charge in [-0.15, -0.1) is 0 Å². The second-order valence-electron chi connectivity index (χ2n) is 5.14. The van der Waals surface area contributed by atoms with E-state index in [1.165, 1.54) is 12.8 Å². The van der Waals surface area contributed by atoms with Gasteiger partial charge in [0.1, 0.15) is 5.82 Å². The molecule has 5 heteroatoms. The lowest BCUT2D eigenvalue weighted by atomic mass is 10.3. The number of anilines is 4. The monoisotopic (exact) mass is 269 g/mol. The summed E-state index contributed by atoms with van der Waals surface area (Å²) in [6.45, 7) is 4.09. The van der Waals surface area contributed by atoms with Crippen molar-refractivity contribution in [2.45, 2.75) is 19.8 Å². The van der Waals surface area contributed by atoms with Crippen LogP contribution in [0.3, 0.4) is 0 Å². The first-order chi connectivity index (χ1) is 9.70. The van der Waals surface area contributed by atoms with Gasteiger partial charge in [-0.3, -0.25) is 0 Å². The molecule has 104 valence electrons. The molecular formula is C15H19N5. The quantitative estimate of drug-likeness (QED) is 0.839. The Morgan fingerprint density at radius 3 is 2.50 bits per heavy atom. The number of aromatic nitrogens is 2. The standard InChI is InChI=1S/C15H19N5/c1-11-10-14(18-13-6-4-12(16)5-7-13)19-15(17-11)20-8-2-3-9-20/h4-7,10H,2-3,8-9,16H2,1H3,(H,17,18,19). The van der Waals surface area contributed by atoms with Gasteiger partial charge in [-0.1, -0.05) is 0 Å². The summed E-state index contributed by atoms with van der Waals surface area (Å²) in [7, 11) is 0. The first-order valence-electron chi connectivity index (χ1n) is 6.94. The number of hydrogen-bond acceptors (Lipinski definition) is 5. The van der Waals surface area contributed by atoms with E-state index in [4.69, 9.17) is 5.73 Å². The van der Waals surface area contributed by atoms with Crippen molar-refractivity contribution in [1.82, 2.24) is 9.97 Å². The molecule has 0 amide bonds. The highest BCUT2D eigenvalue weighted by Gasteiger charge is 2.15. The molecule has 0 atom stereocenters. The van der Waals surface area contributed by atoms with Crippen LogP contribution in [0.25, 0.3) is 0 Å². The Balaban J connectivity index is 1.83. The van der Waals surface area contributed by atoms with E-state index in [-0.39, 0.29) is 0 Å². The fourth-order valence-corrected chi connectivity index (χ4v) is 2.39. The molecular weight excluding hydrogens is 250 g/mol. The van der Waals surface area contributed by atoms with Crippen molar-refractivity contribution in [2.24, 2.45) is 0 Å². The van der Waals surface area contributed by atoms with Gasteiger partial charge in [0.15, 0.2) is 0 Å². The highest BCUT2D eigenvalue weighted by molar-refractivity contribution is 5.60. The van der Waals surface area contributed by atoms with E-state index in [0.717, 1.165) is 41.9 Å². The van der Waals surface area contributed by atoms with Gasteiger partial charge in [-0.05, 0) is 44.0 Å². The van der Waals surface area contributed by atoms with Crippen LogP contribution in [0.1, 0.15) is 18.5 Å². The molecule has 0 aliphatic carbocycles. The number of nitrogens with one attached hydrogen (secondary N) is 1. The van der Waals surface area contributed by atoms with Crippen molar-refractivity contribution in [3.05, 3.63) is 36.0 Å². The minimum absolute atomic E-state index is 0.757. The Kier molecular flexibility index (Phi) is 3.41. The topological polar surface area (TPSA) is 67.1 Å². The molecule has 3 N–H and O–H groups in total. The van der Waals surface area contributed by atoms with E-state index in [1.807, 2.05) is 37.3 Å². The van der Waals surface area contributed by atoms with Gasteiger partial charge in [0, 0.05) is 36.2 Å². The summed E-state index contributed by atoms with van der Waals surface area (Å²) >= 11 is 0. The fraction of sp³-hybridized carbons (Fsp3) is 0.333. The molecule has 0 spiro atoms. The molecule has 1 fully saturated rings. The van der Waals surface area contributed by atoms with Crippen LogP contribution in [0.4, 0.5) is 23.1 Å². The number of benzene rings is 1. The van der Waals surface area contributed by atoms with Crippen molar-refractivity contribution in [3.8, 4) is 0 Å². The molecule has 0 radical (unpaired) electrons. The van der Waals surface area contributed by atoms with Gasteiger partial charge in [-0.2, -0.15) is 4.98 Å². The maximum absolute atomic E-state index is 5.69. The number of nitrogens with zero attached hydrogens (tertiary/aromatic N) is 3. The molecule has 1 aliphatic heterocycles. The van der Waals surface area contributed by atoms with E-state index in [1.54, 1.807) is 0 Å². The van der Waals surface area contributed by atoms with Crippen molar-refractivity contribution >= 4 is 23.1 Å². The third-order valence-electron chi connectivity index (χ3n) is 3.41. The number of nitrogen functional groups attached to an aromatic ring is 1. The summed E-state index contributed by atoms with van der Waals surface area (Å²) in [5.41, 5.74) is 8.40. The van der Waals surface area contributed by atoms with Gasteiger partial charge in [0.25, 0.3) is 0 Å². The molecule has 0 bridgehead atoms. The summed E-state index contributed by atoms with van der Waals surface area (Å²) in [6.07, 6.45) is 2.44. The SMILES string of the molecule is Cc1cc(Nc2ccc(N)cc2)nc(N2CCCC2)n1. The predicted molar refractivity (Wildman–Crippen MR) is 82.4 cm³/mol. The summed E-state index contributed by atoms with van der Waals surface area (Å²) in [6, 6.07) is 9.59. The zero-order chi connectivity index (χ0) is 13.9. The van der Waals surface area contributed by atoms with Crippen molar-refractivity contribution in [1.29, 1.82) is 0 Å². The first-order valence-corrected chi connectivity index (χ1v) is 6.94. The summed E-state index contributed by atoms with van der Waals surface area (Å²) in [5.74, 6) is 1.64. The summed E-state index contributed by atoms with van der Waals surface area (Å²) in [4.78, 5) is 11.4. The smallest absolute Gasteiger partial charge is 0.227 e. The minimum Gasteiger partial charge on any atom is -0.399 e. The molecule has 3 rings (SSSR count). The van der Waals surface area contributed by atoms with Gasteiger partial charge in [-0.25, -0.2) is 4.98 Å². The number of rotatable bonds is 3. The van der Waals surface area contributed by atoms with Crippen LogP contribution in [-0.4, -0.2) is 23.1 Å². The van der Waals surface area contributed by atoms with Gasteiger partial charge in [0.2, 0.25) is 5.95 Å². The lowest BCUT2D eigenvalue weighted by molar-refractivity contribution is 0.891. The van der Waals surface area contributed by atoms with Crippen LogP contribution in [0.2, 0.25) is 0 Å². The lowest BCUT2D eigenvalue weighted by Gasteiger charge is -2.17. The third-order valence-corrected chi connectivity index (χ3v) is 3.41. The van der Waals surface area contributed by atoms with E-state index < -0.39 is 0 Å². The molecule has 1 aromatic heterocycles. The van der Waals surface area contributed by atoms with E-state index >= 15 is 0 Å². The van der Waals surface area contributed by atoms with Gasteiger partial charge >= 0.3 is 0 Å². The minimum atomic E-state index is 0.757. The van der Waals surface area contributed by atoms with Crippen LogP contribution in [-0.2, 0) is 0 Å². The van der Waals surface area contributed by atoms with Crippen molar-refractivity contribution < 1.29 is 0 Å². The van der Waals surface area contributed by atoms with Crippen LogP contribution in [0.15, 0.2) is 30.3 Å². The van der Waals surface area contributed by atoms with Gasteiger partial charge < -0.3 is 16.0 Å². The zero-order valence-corrected chi connectivity index (χ0v) is 11.6. The van der Waals surface area contributed by atoms with E-state index in [2.05, 4.69) is 20.2 Å². The zero-order valence-electron chi connectivity index (χ0n) is 11.6. The van der Waals surface area contributed by atoms with Crippen molar-refractivity contribution in [3.63, 3.8) is 0 Å². The number of nitrogens with two attached hydrogens (primary N) is 1. The van der Waals surface area contributed by atoms with Crippen LogP contribution < -0.4 is 16.0 Å². The number of hydrogen-bond donors (Lipinski definition) is 2. The molecule has 20 heavy (non-hydrogen) atoms. The van der Waals surface area contributed by atoms with Crippen LogP contribution >= 0.6 is 0 Å². The Morgan fingerprint density at radius 2 is 1.80 bits per heavy atom. The molecule has 5 nitrogen and oxygen atoms in total. The maximum atomic E-state index is 5.69. The third kappa shape index (κ3) is 2.82. The Bertz CT molecular complexity index is 588. The van der Waals surface area contributed by atoms with E-state index in [9.17, 15) is 0 Å². The van der Waals surface area contributed by atoms with Crippen LogP contribution in [0.5, 0.6) is 0 Å². The second-order valence-corrected chi connectivity index (χ2v) is 5.14. The van der Waals surface area contributed by atoms with Gasteiger partial charge in [0.05, 0.1) is 0 Å². The predicted octanol–water partition coefficient (Wildman–Crippen LogP) is 2.71. The number of aryl methyl sites for hydroxylation is 1. The normalized spacial score (nSPS) is 14.6. The molecule has 2 heterocycles. The first kappa shape index (κ1) is 12.7. The Labute approximate surface area is 118 Å². The average Bonchev–Trinajstić information content (AvgIpc) is 2.95. The molecule has 1 saturated heterocycles. The summed E-state index contributed by atoms with van der Waals surface area (Å²) < 4.78 is 0. The highest BCUT2D eigenvalue weighted by Crippen LogP contribution is 2.21. The average molecular weight is 269 g/mol. The molecule has 0 unspecified atom stereocenters. The second kappa shape index (κ2) is 5.36. The van der Waals surface area contributed by atoms with E-state index in [0.29, 0.717) is 0 Å². The Morgan fingerprint density at radius 1 is 1.10 bits per heavy atom. The largest absolute Gasteiger partial charge is 0.399 e. The maximum Gasteiger partial charge on any atom is 0.227 e. The molecule has 2 aromatic rings.